The van der Waals surface area contributed by atoms with Gasteiger partial charge in [0.15, 0.2) is 0 Å². The lowest BCUT2D eigenvalue weighted by molar-refractivity contribution is 0.0743. The Bertz CT molecular complexity index is 584. The second-order valence-corrected chi connectivity index (χ2v) is 4.95. The fraction of sp³-hybridized carbons (Fsp3) is 0.294. The second-order valence-electron chi connectivity index (χ2n) is 4.95. The number of benzene rings is 1. The highest BCUT2D eigenvalue weighted by Gasteiger charge is 2.15. The minimum absolute atomic E-state index is 0.0257. The maximum Gasteiger partial charge on any atom is 0.254 e. The van der Waals surface area contributed by atoms with E-state index in [4.69, 9.17) is 5.73 Å². The predicted octanol–water partition coefficient (Wildman–Crippen LogP) is 2.59. The molecule has 2 aromatic rings. The van der Waals surface area contributed by atoms with Crippen LogP contribution in [0.3, 0.4) is 0 Å². The van der Waals surface area contributed by atoms with Gasteiger partial charge in [0.05, 0.1) is 5.69 Å². The first-order valence-electron chi connectivity index (χ1n) is 7.22. The lowest BCUT2D eigenvalue weighted by Crippen LogP contribution is -2.31. The molecule has 110 valence electrons. The number of rotatable bonds is 6. The number of hydrogen-bond acceptors (Lipinski definition) is 3. The summed E-state index contributed by atoms with van der Waals surface area (Å²) < 4.78 is 0. The molecule has 0 unspecified atom stereocenters. The molecule has 21 heavy (non-hydrogen) atoms. The molecule has 1 amide bonds. The predicted molar refractivity (Wildman–Crippen MR) is 83.6 cm³/mol. The van der Waals surface area contributed by atoms with Gasteiger partial charge in [0.25, 0.3) is 5.91 Å². The van der Waals surface area contributed by atoms with E-state index in [0.717, 1.165) is 24.2 Å². The fourth-order valence-electron chi connectivity index (χ4n) is 2.23. The molecule has 1 aromatic carbocycles. The number of aromatic nitrogens is 1. The van der Waals surface area contributed by atoms with Crippen molar-refractivity contribution in [3.05, 3.63) is 65.5 Å². The molecule has 2 N–H and O–H groups in total. The zero-order chi connectivity index (χ0) is 15.1. The van der Waals surface area contributed by atoms with Gasteiger partial charge in [-0.25, -0.2) is 0 Å². The van der Waals surface area contributed by atoms with E-state index in [2.05, 4.69) is 11.9 Å². The van der Waals surface area contributed by atoms with Crippen molar-refractivity contribution >= 4 is 5.91 Å². The van der Waals surface area contributed by atoms with Crippen LogP contribution in [-0.2, 0) is 13.1 Å². The molecule has 0 radical (unpaired) electrons. The van der Waals surface area contributed by atoms with Crippen LogP contribution in [0.15, 0.2) is 48.7 Å². The average molecular weight is 283 g/mol. The molecule has 1 heterocycles. The molecular formula is C17H21N3O. The number of carbonyl (C=O) groups excluding carboxylic acids is 1. The summed E-state index contributed by atoms with van der Waals surface area (Å²) in [4.78, 5) is 18.7. The molecule has 0 aliphatic heterocycles. The van der Waals surface area contributed by atoms with Crippen molar-refractivity contribution in [3.63, 3.8) is 0 Å². The first-order valence-corrected chi connectivity index (χ1v) is 7.22. The Morgan fingerprint density at radius 2 is 2.00 bits per heavy atom. The summed E-state index contributed by atoms with van der Waals surface area (Å²) in [5.74, 6) is 0.0257. The van der Waals surface area contributed by atoms with E-state index in [1.165, 1.54) is 0 Å². The summed E-state index contributed by atoms with van der Waals surface area (Å²) in [5, 5.41) is 0. The minimum Gasteiger partial charge on any atom is -0.334 e. The number of carbonyl (C=O) groups is 1. The largest absolute Gasteiger partial charge is 0.334 e. The first kappa shape index (κ1) is 15.2. The summed E-state index contributed by atoms with van der Waals surface area (Å²) in [5.41, 5.74) is 8.10. The third-order valence-corrected chi connectivity index (χ3v) is 3.27. The quantitative estimate of drug-likeness (QED) is 0.886. The van der Waals surface area contributed by atoms with E-state index < -0.39 is 0 Å². The van der Waals surface area contributed by atoms with Crippen molar-refractivity contribution in [3.8, 4) is 0 Å². The van der Waals surface area contributed by atoms with Gasteiger partial charge in [0, 0.05) is 31.4 Å². The molecule has 2 rings (SSSR count). The van der Waals surface area contributed by atoms with Crippen LogP contribution in [0.4, 0.5) is 0 Å². The van der Waals surface area contributed by atoms with Crippen molar-refractivity contribution in [1.82, 2.24) is 9.88 Å². The number of nitrogens with two attached hydrogens (primary N) is 1. The Kier molecular flexibility index (Phi) is 5.46. The molecule has 0 aliphatic rings. The highest BCUT2D eigenvalue weighted by Crippen LogP contribution is 2.11. The van der Waals surface area contributed by atoms with Crippen molar-refractivity contribution in [2.24, 2.45) is 5.73 Å². The van der Waals surface area contributed by atoms with Crippen molar-refractivity contribution < 1.29 is 4.79 Å². The van der Waals surface area contributed by atoms with Gasteiger partial charge in [-0.3, -0.25) is 9.78 Å². The van der Waals surface area contributed by atoms with Crippen molar-refractivity contribution in [2.45, 2.75) is 26.4 Å². The van der Waals surface area contributed by atoms with Gasteiger partial charge in [-0.2, -0.15) is 0 Å². The number of nitrogens with zero attached hydrogens (tertiary/aromatic N) is 2. The van der Waals surface area contributed by atoms with E-state index in [9.17, 15) is 4.79 Å². The third kappa shape index (κ3) is 4.13. The molecule has 0 bridgehead atoms. The summed E-state index contributed by atoms with van der Waals surface area (Å²) in [7, 11) is 0. The van der Waals surface area contributed by atoms with Crippen LogP contribution in [0, 0.1) is 0 Å². The lowest BCUT2D eigenvalue weighted by atomic mass is 10.1. The molecular weight excluding hydrogens is 262 g/mol. The maximum atomic E-state index is 12.7. The zero-order valence-corrected chi connectivity index (χ0v) is 12.3. The maximum absolute atomic E-state index is 12.7. The highest BCUT2D eigenvalue weighted by molar-refractivity contribution is 5.94. The van der Waals surface area contributed by atoms with Crippen LogP contribution in [0.25, 0.3) is 0 Å². The standard InChI is InChI=1S/C17H21N3O/c1-2-10-20(13-14-6-4-3-5-7-14)17(21)15-8-9-19-16(11-15)12-18/h3-9,11H,2,10,12-13,18H2,1H3. The van der Waals surface area contributed by atoms with E-state index in [1.807, 2.05) is 35.2 Å². The van der Waals surface area contributed by atoms with E-state index >= 15 is 0 Å². The van der Waals surface area contributed by atoms with Gasteiger partial charge in [-0.1, -0.05) is 37.3 Å². The number of hydrogen-bond donors (Lipinski definition) is 1. The highest BCUT2D eigenvalue weighted by atomic mass is 16.2. The van der Waals surface area contributed by atoms with E-state index in [-0.39, 0.29) is 5.91 Å². The van der Waals surface area contributed by atoms with E-state index in [0.29, 0.717) is 18.7 Å². The molecule has 1 aromatic heterocycles. The average Bonchev–Trinajstić information content (AvgIpc) is 2.55. The molecule has 0 atom stereocenters. The Morgan fingerprint density at radius 1 is 1.24 bits per heavy atom. The number of pyridine rings is 1. The van der Waals surface area contributed by atoms with Gasteiger partial charge in [0.1, 0.15) is 0 Å². The zero-order valence-electron chi connectivity index (χ0n) is 12.3. The Hall–Kier alpha value is -2.20. The number of amides is 1. The molecule has 4 nitrogen and oxygen atoms in total. The van der Waals surface area contributed by atoms with Crippen LogP contribution in [0.1, 0.15) is 35.0 Å². The van der Waals surface area contributed by atoms with Crippen molar-refractivity contribution in [1.29, 1.82) is 0 Å². The summed E-state index contributed by atoms with van der Waals surface area (Å²) in [6.45, 7) is 3.76. The summed E-state index contributed by atoms with van der Waals surface area (Å²) in [6.07, 6.45) is 2.56. The summed E-state index contributed by atoms with van der Waals surface area (Å²) in [6, 6.07) is 13.5. The van der Waals surface area contributed by atoms with Gasteiger partial charge in [-0.05, 0) is 24.1 Å². The van der Waals surface area contributed by atoms with Crippen LogP contribution < -0.4 is 5.73 Å². The van der Waals surface area contributed by atoms with Gasteiger partial charge < -0.3 is 10.6 Å². The third-order valence-electron chi connectivity index (χ3n) is 3.27. The lowest BCUT2D eigenvalue weighted by Gasteiger charge is -2.22. The van der Waals surface area contributed by atoms with Gasteiger partial charge >= 0.3 is 0 Å². The Balaban J connectivity index is 2.18. The second kappa shape index (κ2) is 7.55. The van der Waals surface area contributed by atoms with E-state index in [1.54, 1.807) is 18.3 Å². The Morgan fingerprint density at radius 3 is 2.67 bits per heavy atom. The first-order chi connectivity index (χ1) is 10.2. The van der Waals surface area contributed by atoms with Crippen LogP contribution >= 0.6 is 0 Å². The monoisotopic (exact) mass is 283 g/mol. The van der Waals surface area contributed by atoms with Crippen LogP contribution in [0.5, 0.6) is 0 Å². The summed E-state index contributed by atoms with van der Waals surface area (Å²) >= 11 is 0. The Labute approximate surface area is 125 Å². The molecule has 0 spiro atoms. The van der Waals surface area contributed by atoms with Gasteiger partial charge in [-0.15, -0.1) is 0 Å². The minimum atomic E-state index is 0.0257. The van der Waals surface area contributed by atoms with Crippen molar-refractivity contribution in [2.75, 3.05) is 6.54 Å². The molecule has 4 heteroatoms. The normalized spacial score (nSPS) is 10.4. The van der Waals surface area contributed by atoms with Crippen LogP contribution in [-0.4, -0.2) is 22.3 Å². The molecule has 0 saturated heterocycles. The molecule has 0 fully saturated rings. The smallest absolute Gasteiger partial charge is 0.254 e. The molecule has 0 saturated carbocycles. The fourth-order valence-corrected chi connectivity index (χ4v) is 2.23. The SMILES string of the molecule is CCCN(Cc1ccccc1)C(=O)c1ccnc(CN)c1. The van der Waals surface area contributed by atoms with Crippen LogP contribution in [0.2, 0.25) is 0 Å². The molecule has 0 aliphatic carbocycles. The van der Waals surface area contributed by atoms with Gasteiger partial charge in [0.2, 0.25) is 0 Å². The topological polar surface area (TPSA) is 59.2 Å².